The maximum atomic E-state index is 12.8. The zero-order chi connectivity index (χ0) is 18.7. The number of hydrogen-bond donors (Lipinski definition) is 2. The number of esters is 1. The molecule has 1 saturated carbocycles. The zero-order valence-corrected chi connectivity index (χ0v) is 15.1. The van der Waals surface area contributed by atoms with E-state index in [0.29, 0.717) is 12.1 Å². The van der Waals surface area contributed by atoms with Crippen molar-refractivity contribution in [1.82, 2.24) is 5.01 Å². The fourth-order valence-electron chi connectivity index (χ4n) is 3.82. The number of hydrazone groups is 1. The summed E-state index contributed by atoms with van der Waals surface area (Å²) >= 11 is 0. The van der Waals surface area contributed by atoms with Gasteiger partial charge in [-0.2, -0.15) is 10.1 Å². The molecular weight excluding hydrogens is 334 g/mol. The normalized spacial score (nSPS) is 28.0. The highest BCUT2D eigenvalue weighted by Crippen LogP contribution is 2.41. The molecule has 140 valence electrons. The van der Waals surface area contributed by atoms with E-state index in [1.807, 2.05) is 6.07 Å². The van der Waals surface area contributed by atoms with Gasteiger partial charge in [-0.25, -0.2) is 4.79 Å². The average molecular weight is 359 g/mol. The SMILES string of the molecule is CCOC(=O)C1C2CCCCC2=NN(C(=O)Nc2ccccc2)C1(C)O. The van der Waals surface area contributed by atoms with E-state index in [0.717, 1.165) is 30.0 Å². The summed E-state index contributed by atoms with van der Waals surface area (Å²) in [4.78, 5) is 25.4. The van der Waals surface area contributed by atoms with Crippen molar-refractivity contribution in [1.29, 1.82) is 0 Å². The largest absolute Gasteiger partial charge is 0.466 e. The Kier molecular flexibility index (Phi) is 5.27. The molecule has 1 aromatic carbocycles. The van der Waals surface area contributed by atoms with Crippen LogP contribution in [0, 0.1) is 11.8 Å². The Hall–Kier alpha value is -2.41. The van der Waals surface area contributed by atoms with E-state index in [2.05, 4.69) is 10.4 Å². The van der Waals surface area contributed by atoms with Gasteiger partial charge >= 0.3 is 12.0 Å². The van der Waals surface area contributed by atoms with Crippen LogP contribution in [0.1, 0.15) is 39.5 Å². The smallest absolute Gasteiger partial charge is 0.344 e. The van der Waals surface area contributed by atoms with Gasteiger partial charge < -0.3 is 15.2 Å². The van der Waals surface area contributed by atoms with E-state index in [-0.39, 0.29) is 12.5 Å². The van der Waals surface area contributed by atoms with Crippen LogP contribution in [0.15, 0.2) is 35.4 Å². The van der Waals surface area contributed by atoms with E-state index in [1.165, 1.54) is 6.92 Å². The van der Waals surface area contributed by atoms with E-state index in [1.54, 1.807) is 31.2 Å². The van der Waals surface area contributed by atoms with Crippen molar-refractivity contribution in [3.8, 4) is 0 Å². The van der Waals surface area contributed by atoms with Gasteiger partial charge in [0.2, 0.25) is 0 Å². The number of benzene rings is 1. The molecule has 1 aliphatic carbocycles. The Morgan fingerprint density at radius 3 is 2.77 bits per heavy atom. The van der Waals surface area contributed by atoms with Crippen LogP contribution >= 0.6 is 0 Å². The average Bonchev–Trinajstić information content (AvgIpc) is 2.61. The molecule has 3 atom stereocenters. The molecule has 2 amide bonds. The Bertz CT molecular complexity index is 702. The quantitative estimate of drug-likeness (QED) is 0.812. The molecule has 0 aromatic heterocycles. The van der Waals surface area contributed by atoms with Gasteiger partial charge in [0.1, 0.15) is 5.92 Å². The molecular formula is C19H25N3O4. The van der Waals surface area contributed by atoms with Crippen LogP contribution < -0.4 is 5.32 Å². The third-order valence-electron chi connectivity index (χ3n) is 5.03. The second-order valence-electron chi connectivity index (χ2n) is 6.88. The lowest BCUT2D eigenvalue weighted by molar-refractivity contribution is -0.178. The van der Waals surface area contributed by atoms with Gasteiger partial charge in [0.15, 0.2) is 5.72 Å². The summed E-state index contributed by atoms with van der Waals surface area (Å²) in [5.41, 5.74) is -0.396. The van der Waals surface area contributed by atoms with E-state index < -0.39 is 23.6 Å². The van der Waals surface area contributed by atoms with Crippen LogP contribution in [0.4, 0.5) is 10.5 Å². The number of hydrogen-bond acceptors (Lipinski definition) is 5. The first kappa shape index (κ1) is 18.4. The number of amides is 2. The molecule has 1 heterocycles. The lowest BCUT2D eigenvalue weighted by Gasteiger charge is -2.46. The van der Waals surface area contributed by atoms with Crippen molar-refractivity contribution >= 4 is 23.4 Å². The molecule has 3 unspecified atom stereocenters. The zero-order valence-electron chi connectivity index (χ0n) is 15.1. The molecule has 0 radical (unpaired) electrons. The standard InChI is InChI=1S/C19H25N3O4/c1-3-26-17(23)16-14-11-7-8-12-15(14)21-22(19(16,2)25)18(24)20-13-9-5-4-6-10-13/h4-6,9-10,14,16,25H,3,7-8,11-12H2,1-2H3,(H,20,24). The molecule has 7 heteroatoms. The second-order valence-corrected chi connectivity index (χ2v) is 6.88. The number of urea groups is 1. The number of rotatable bonds is 3. The van der Waals surface area contributed by atoms with Gasteiger partial charge in [0, 0.05) is 17.3 Å². The van der Waals surface area contributed by atoms with Crippen LogP contribution in [-0.4, -0.2) is 40.2 Å². The minimum atomic E-state index is -1.77. The van der Waals surface area contributed by atoms with Crippen LogP contribution in [0.5, 0.6) is 0 Å². The maximum Gasteiger partial charge on any atom is 0.344 e. The van der Waals surface area contributed by atoms with Crippen molar-refractivity contribution in [3.05, 3.63) is 30.3 Å². The molecule has 0 spiro atoms. The van der Waals surface area contributed by atoms with Crippen LogP contribution in [-0.2, 0) is 9.53 Å². The summed E-state index contributed by atoms with van der Waals surface area (Å²) in [7, 11) is 0. The molecule has 0 saturated heterocycles. The fraction of sp³-hybridized carbons (Fsp3) is 0.526. The summed E-state index contributed by atoms with van der Waals surface area (Å²) in [6.45, 7) is 3.40. The molecule has 26 heavy (non-hydrogen) atoms. The monoisotopic (exact) mass is 359 g/mol. The van der Waals surface area contributed by atoms with Crippen molar-refractivity contribution in [2.75, 3.05) is 11.9 Å². The first-order valence-corrected chi connectivity index (χ1v) is 9.07. The Morgan fingerprint density at radius 2 is 2.08 bits per heavy atom. The minimum Gasteiger partial charge on any atom is -0.466 e. The molecule has 0 bridgehead atoms. The molecule has 2 N–H and O–H groups in total. The highest BCUT2D eigenvalue weighted by Gasteiger charge is 2.54. The molecule has 1 aliphatic heterocycles. The van der Waals surface area contributed by atoms with E-state index in [9.17, 15) is 14.7 Å². The summed E-state index contributed by atoms with van der Waals surface area (Å²) in [6, 6.07) is 8.36. The highest BCUT2D eigenvalue weighted by atomic mass is 16.5. The Balaban J connectivity index is 1.93. The predicted octanol–water partition coefficient (Wildman–Crippen LogP) is 2.97. The first-order valence-electron chi connectivity index (χ1n) is 9.07. The topological polar surface area (TPSA) is 91.2 Å². The lowest BCUT2D eigenvalue weighted by Crippen LogP contribution is -2.62. The number of para-hydroxylation sites is 1. The van der Waals surface area contributed by atoms with Gasteiger partial charge in [0.25, 0.3) is 0 Å². The summed E-state index contributed by atoms with van der Waals surface area (Å²) in [6.07, 6.45) is 3.39. The van der Waals surface area contributed by atoms with E-state index >= 15 is 0 Å². The Labute approximate surface area is 153 Å². The number of fused-ring (bicyclic) bond motifs is 1. The number of nitrogens with zero attached hydrogens (tertiary/aromatic N) is 2. The first-order chi connectivity index (χ1) is 12.4. The molecule has 1 aromatic rings. The number of anilines is 1. The third-order valence-corrected chi connectivity index (χ3v) is 5.03. The van der Waals surface area contributed by atoms with Gasteiger partial charge in [0.05, 0.1) is 6.61 Å². The number of nitrogens with one attached hydrogen (secondary N) is 1. The van der Waals surface area contributed by atoms with Gasteiger partial charge in [-0.3, -0.25) is 4.79 Å². The van der Waals surface area contributed by atoms with Crippen molar-refractivity contribution < 1.29 is 19.4 Å². The predicted molar refractivity (Wildman–Crippen MR) is 97.4 cm³/mol. The maximum absolute atomic E-state index is 12.8. The molecule has 7 nitrogen and oxygen atoms in total. The molecule has 3 rings (SSSR count). The summed E-state index contributed by atoms with van der Waals surface area (Å²) in [5.74, 6) is -1.54. The third kappa shape index (κ3) is 3.44. The van der Waals surface area contributed by atoms with Gasteiger partial charge in [-0.1, -0.05) is 24.6 Å². The van der Waals surface area contributed by atoms with Crippen molar-refractivity contribution in [2.24, 2.45) is 16.9 Å². The van der Waals surface area contributed by atoms with E-state index in [4.69, 9.17) is 4.74 Å². The Morgan fingerprint density at radius 1 is 1.35 bits per heavy atom. The van der Waals surface area contributed by atoms with Crippen LogP contribution in [0.25, 0.3) is 0 Å². The number of carbonyl (C=O) groups excluding carboxylic acids is 2. The summed E-state index contributed by atoms with van der Waals surface area (Å²) in [5, 5.41) is 19.3. The number of carbonyl (C=O) groups is 2. The fourth-order valence-corrected chi connectivity index (χ4v) is 3.82. The van der Waals surface area contributed by atoms with Gasteiger partial charge in [-0.15, -0.1) is 0 Å². The van der Waals surface area contributed by atoms with Crippen LogP contribution in [0.3, 0.4) is 0 Å². The number of ether oxygens (including phenoxy) is 1. The lowest BCUT2D eigenvalue weighted by atomic mass is 9.73. The minimum absolute atomic E-state index is 0.196. The number of aliphatic hydroxyl groups is 1. The van der Waals surface area contributed by atoms with Crippen LogP contribution in [0.2, 0.25) is 0 Å². The summed E-state index contributed by atoms with van der Waals surface area (Å²) < 4.78 is 5.20. The molecule has 1 fully saturated rings. The van der Waals surface area contributed by atoms with Crippen molar-refractivity contribution in [3.63, 3.8) is 0 Å². The van der Waals surface area contributed by atoms with Crippen molar-refractivity contribution in [2.45, 2.75) is 45.3 Å². The highest BCUT2D eigenvalue weighted by molar-refractivity contribution is 5.97. The second kappa shape index (κ2) is 7.45. The molecule has 2 aliphatic rings. The van der Waals surface area contributed by atoms with Gasteiger partial charge in [-0.05, 0) is 45.2 Å².